The van der Waals surface area contributed by atoms with Crippen LogP contribution in [0.4, 0.5) is 10.2 Å². The Bertz CT molecular complexity index is 466. The third kappa shape index (κ3) is 3.45. The van der Waals surface area contributed by atoms with E-state index >= 15 is 0 Å². The van der Waals surface area contributed by atoms with Crippen LogP contribution in [-0.2, 0) is 6.42 Å². The Hall–Kier alpha value is -1.23. The lowest BCUT2D eigenvalue weighted by atomic mass is 9.71. The van der Waals surface area contributed by atoms with Crippen molar-refractivity contribution in [3.05, 3.63) is 17.8 Å². The van der Waals surface area contributed by atoms with Gasteiger partial charge in [-0.05, 0) is 37.5 Å². The topological polar surface area (TPSA) is 58.0 Å². The molecule has 112 valence electrons. The summed E-state index contributed by atoms with van der Waals surface area (Å²) in [5.41, 5.74) is -0.0691. The molecule has 0 atom stereocenters. The molecule has 0 unspecified atom stereocenters. The molecular weight excluding hydrogens is 257 g/mol. The lowest BCUT2D eigenvalue weighted by molar-refractivity contribution is -0.0146. The van der Waals surface area contributed by atoms with E-state index in [4.69, 9.17) is 0 Å². The molecule has 4 nitrogen and oxygen atoms in total. The van der Waals surface area contributed by atoms with Crippen LogP contribution >= 0.6 is 0 Å². The van der Waals surface area contributed by atoms with Crippen LogP contribution in [0.3, 0.4) is 0 Å². The number of nitrogens with zero attached hydrogens (tertiary/aromatic N) is 2. The number of anilines is 1. The molecule has 0 amide bonds. The first kappa shape index (κ1) is 15.2. The molecule has 1 heterocycles. The van der Waals surface area contributed by atoms with Crippen molar-refractivity contribution in [3.63, 3.8) is 0 Å². The number of nitrogens with one attached hydrogen (secondary N) is 1. The fraction of sp³-hybridized carbons (Fsp3) is 0.733. The quantitative estimate of drug-likeness (QED) is 0.891. The van der Waals surface area contributed by atoms with E-state index in [1.165, 1.54) is 6.33 Å². The molecule has 2 N–H and O–H groups in total. The molecule has 1 aliphatic carbocycles. The molecule has 1 fully saturated rings. The van der Waals surface area contributed by atoms with Crippen molar-refractivity contribution in [2.24, 2.45) is 5.41 Å². The first-order valence-corrected chi connectivity index (χ1v) is 7.31. The van der Waals surface area contributed by atoms with Gasteiger partial charge in [-0.2, -0.15) is 0 Å². The average molecular weight is 281 g/mol. The first-order chi connectivity index (χ1) is 9.35. The van der Waals surface area contributed by atoms with Crippen LogP contribution in [0.1, 0.15) is 52.1 Å². The number of aliphatic hydroxyl groups is 1. The van der Waals surface area contributed by atoms with E-state index in [2.05, 4.69) is 29.1 Å². The molecule has 0 radical (unpaired) electrons. The van der Waals surface area contributed by atoms with E-state index in [0.717, 1.165) is 25.7 Å². The lowest BCUT2D eigenvalue weighted by Gasteiger charge is -2.40. The Balaban J connectivity index is 1.99. The summed E-state index contributed by atoms with van der Waals surface area (Å²) in [5.74, 6) is -0.218. The normalized spacial score (nSPS) is 20.6. The van der Waals surface area contributed by atoms with Gasteiger partial charge in [0, 0.05) is 6.54 Å². The van der Waals surface area contributed by atoms with Crippen LogP contribution in [0, 0.1) is 11.2 Å². The summed E-state index contributed by atoms with van der Waals surface area (Å²) in [6.45, 7) is 6.63. The maximum Gasteiger partial charge on any atom is 0.186 e. The van der Waals surface area contributed by atoms with Crippen molar-refractivity contribution in [1.29, 1.82) is 0 Å². The highest BCUT2D eigenvalue weighted by Gasteiger charge is 2.36. The van der Waals surface area contributed by atoms with Crippen LogP contribution < -0.4 is 5.32 Å². The number of hydrogen-bond donors (Lipinski definition) is 2. The largest absolute Gasteiger partial charge is 0.388 e. The van der Waals surface area contributed by atoms with Crippen LogP contribution in [0.25, 0.3) is 0 Å². The minimum Gasteiger partial charge on any atom is -0.388 e. The predicted octanol–water partition coefficient (Wildman–Crippen LogP) is 2.92. The molecular formula is C15H24FN3O. The minimum atomic E-state index is -0.765. The predicted molar refractivity (Wildman–Crippen MR) is 77.1 cm³/mol. The summed E-state index contributed by atoms with van der Waals surface area (Å²) in [4.78, 5) is 7.82. The molecule has 1 aliphatic rings. The number of rotatable bonds is 4. The number of halogens is 1. The van der Waals surface area contributed by atoms with Crippen molar-refractivity contribution in [2.75, 3.05) is 11.9 Å². The minimum absolute atomic E-state index is 0.190. The van der Waals surface area contributed by atoms with Crippen LogP contribution in [0.2, 0.25) is 0 Å². The Labute approximate surface area is 119 Å². The van der Waals surface area contributed by atoms with E-state index in [0.29, 0.717) is 24.1 Å². The van der Waals surface area contributed by atoms with Crippen molar-refractivity contribution >= 4 is 5.82 Å². The fourth-order valence-electron chi connectivity index (χ4n) is 2.59. The van der Waals surface area contributed by atoms with Gasteiger partial charge in [0.25, 0.3) is 0 Å². The molecule has 0 aliphatic heterocycles. The van der Waals surface area contributed by atoms with Gasteiger partial charge < -0.3 is 10.4 Å². The molecule has 2 rings (SSSR count). The van der Waals surface area contributed by atoms with Gasteiger partial charge in [-0.3, -0.25) is 0 Å². The van der Waals surface area contributed by atoms with Gasteiger partial charge in [0.2, 0.25) is 0 Å². The summed E-state index contributed by atoms with van der Waals surface area (Å²) in [5, 5.41) is 13.5. The monoisotopic (exact) mass is 281 g/mol. The highest BCUT2D eigenvalue weighted by molar-refractivity contribution is 5.37. The third-order valence-corrected chi connectivity index (χ3v) is 4.32. The molecule has 0 bridgehead atoms. The van der Waals surface area contributed by atoms with E-state index in [1.807, 2.05) is 6.92 Å². The Morgan fingerprint density at radius 2 is 1.90 bits per heavy atom. The van der Waals surface area contributed by atoms with Crippen molar-refractivity contribution < 1.29 is 9.50 Å². The zero-order valence-electron chi connectivity index (χ0n) is 12.5. The number of aromatic nitrogens is 2. The highest BCUT2D eigenvalue weighted by atomic mass is 19.1. The maximum absolute atomic E-state index is 14.0. The second-order valence-corrected chi connectivity index (χ2v) is 6.58. The van der Waals surface area contributed by atoms with Crippen LogP contribution in [0.15, 0.2) is 6.33 Å². The Morgan fingerprint density at radius 1 is 1.25 bits per heavy atom. The number of hydrogen-bond acceptors (Lipinski definition) is 4. The van der Waals surface area contributed by atoms with Crippen LogP contribution in [0.5, 0.6) is 0 Å². The second-order valence-electron chi connectivity index (χ2n) is 6.58. The van der Waals surface area contributed by atoms with Gasteiger partial charge in [-0.1, -0.05) is 20.8 Å². The Kier molecular flexibility index (Phi) is 4.28. The smallest absolute Gasteiger partial charge is 0.186 e. The average Bonchev–Trinajstić information content (AvgIpc) is 2.42. The second kappa shape index (κ2) is 5.64. The van der Waals surface area contributed by atoms with Gasteiger partial charge in [-0.15, -0.1) is 0 Å². The SMILES string of the molecule is CCc1ncnc(NCC2(O)CCC(C)(C)CC2)c1F. The molecule has 1 saturated carbocycles. The van der Waals surface area contributed by atoms with Crippen molar-refractivity contribution in [1.82, 2.24) is 9.97 Å². The van der Waals surface area contributed by atoms with E-state index in [-0.39, 0.29) is 5.82 Å². The molecule has 1 aromatic rings. The van der Waals surface area contributed by atoms with Crippen LogP contribution in [-0.4, -0.2) is 27.2 Å². The van der Waals surface area contributed by atoms with E-state index in [9.17, 15) is 9.50 Å². The van der Waals surface area contributed by atoms with Crippen molar-refractivity contribution in [3.8, 4) is 0 Å². The van der Waals surface area contributed by atoms with E-state index < -0.39 is 11.4 Å². The van der Waals surface area contributed by atoms with Crippen molar-refractivity contribution in [2.45, 2.75) is 58.5 Å². The van der Waals surface area contributed by atoms with Gasteiger partial charge in [0.05, 0.1) is 11.3 Å². The molecule has 1 aromatic heterocycles. The zero-order chi connectivity index (χ0) is 14.8. The fourth-order valence-corrected chi connectivity index (χ4v) is 2.59. The zero-order valence-corrected chi connectivity index (χ0v) is 12.5. The molecule has 5 heteroatoms. The lowest BCUT2D eigenvalue weighted by Crippen LogP contribution is -2.42. The molecule has 0 spiro atoms. The molecule has 0 saturated heterocycles. The maximum atomic E-state index is 14.0. The summed E-state index contributed by atoms with van der Waals surface area (Å²) < 4.78 is 14.0. The van der Waals surface area contributed by atoms with Gasteiger partial charge >= 0.3 is 0 Å². The summed E-state index contributed by atoms with van der Waals surface area (Å²) in [7, 11) is 0. The highest BCUT2D eigenvalue weighted by Crippen LogP contribution is 2.40. The van der Waals surface area contributed by atoms with Gasteiger partial charge in [0.15, 0.2) is 11.6 Å². The standard InChI is InChI=1S/C15H24FN3O/c1-4-11-12(16)13(19-10-18-11)17-9-15(20)7-5-14(2,3)6-8-15/h10,20H,4-9H2,1-3H3,(H,17,18,19). The summed E-state index contributed by atoms with van der Waals surface area (Å²) in [6, 6.07) is 0. The summed E-state index contributed by atoms with van der Waals surface area (Å²) in [6.07, 6.45) is 5.33. The van der Waals surface area contributed by atoms with Gasteiger partial charge in [0.1, 0.15) is 6.33 Å². The molecule has 0 aromatic carbocycles. The first-order valence-electron chi connectivity index (χ1n) is 7.31. The third-order valence-electron chi connectivity index (χ3n) is 4.32. The number of aryl methyl sites for hydroxylation is 1. The van der Waals surface area contributed by atoms with Gasteiger partial charge in [-0.25, -0.2) is 14.4 Å². The Morgan fingerprint density at radius 3 is 2.50 bits per heavy atom. The summed E-state index contributed by atoms with van der Waals surface area (Å²) >= 11 is 0. The molecule has 20 heavy (non-hydrogen) atoms. The van der Waals surface area contributed by atoms with E-state index in [1.54, 1.807) is 0 Å².